The van der Waals surface area contributed by atoms with Crippen LogP contribution >= 0.6 is 0 Å². The zero-order chi connectivity index (χ0) is 11.3. The van der Waals surface area contributed by atoms with Crippen molar-refractivity contribution in [1.82, 2.24) is 10.2 Å². The average molecular weight is 214 g/mol. The molecule has 88 valence electrons. The van der Waals surface area contributed by atoms with Crippen molar-refractivity contribution in [3.05, 3.63) is 0 Å². The lowest BCUT2D eigenvalue weighted by atomic mass is 9.95. The monoisotopic (exact) mass is 214 g/mol. The Bertz CT molecular complexity index is 209. The fourth-order valence-electron chi connectivity index (χ4n) is 2.04. The van der Waals surface area contributed by atoms with E-state index in [4.69, 9.17) is 5.11 Å². The molecule has 0 aromatic carbocycles. The van der Waals surface area contributed by atoms with Crippen LogP contribution in [0.5, 0.6) is 0 Å². The highest BCUT2D eigenvalue weighted by Gasteiger charge is 2.24. The molecule has 1 fully saturated rings. The first-order valence-corrected chi connectivity index (χ1v) is 5.75. The second-order valence-electron chi connectivity index (χ2n) is 4.53. The number of aliphatic hydroxyl groups excluding tert-OH is 1. The van der Waals surface area contributed by atoms with E-state index in [1.165, 1.54) is 12.8 Å². The van der Waals surface area contributed by atoms with Crippen molar-refractivity contribution in [2.75, 3.05) is 26.2 Å². The standard InChI is InChI=1S/C11H22N2O2/c1-9-3-4-10(2)13(7-9)8-11(15)12-5-6-14/h9-10,14H,3-8H2,1-2H3,(H,12,15). The smallest absolute Gasteiger partial charge is 0.234 e. The van der Waals surface area contributed by atoms with Crippen LogP contribution in [0.2, 0.25) is 0 Å². The molecule has 0 bridgehead atoms. The molecule has 1 heterocycles. The fourth-order valence-corrected chi connectivity index (χ4v) is 2.04. The molecule has 15 heavy (non-hydrogen) atoms. The van der Waals surface area contributed by atoms with E-state index in [-0.39, 0.29) is 12.5 Å². The van der Waals surface area contributed by atoms with Gasteiger partial charge in [-0.25, -0.2) is 0 Å². The number of aliphatic hydroxyl groups is 1. The number of likely N-dealkylation sites (tertiary alicyclic amines) is 1. The van der Waals surface area contributed by atoms with Crippen LogP contribution in [0.4, 0.5) is 0 Å². The first-order valence-electron chi connectivity index (χ1n) is 5.75. The number of hydrogen-bond acceptors (Lipinski definition) is 3. The van der Waals surface area contributed by atoms with Gasteiger partial charge in [0.25, 0.3) is 0 Å². The van der Waals surface area contributed by atoms with Gasteiger partial charge in [0.1, 0.15) is 0 Å². The molecule has 0 aliphatic carbocycles. The molecular weight excluding hydrogens is 192 g/mol. The zero-order valence-corrected chi connectivity index (χ0v) is 9.70. The van der Waals surface area contributed by atoms with Crippen LogP contribution in [0.1, 0.15) is 26.7 Å². The minimum Gasteiger partial charge on any atom is -0.395 e. The summed E-state index contributed by atoms with van der Waals surface area (Å²) in [5, 5.41) is 11.3. The Morgan fingerprint density at radius 1 is 1.47 bits per heavy atom. The van der Waals surface area contributed by atoms with Crippen LogP contribution in [-0.4, -0.2) is 48.2 Å². The number of piperidine rings is 1. The third kappa shape index (κ3) is 4.18. The van der Waals surface area contributed by atoms with Crippen molar-refractivity contribution >= 4 is 5.91 Å². The van der Waals surface area contributed by atoms with Crippen molar-refractivity contribution in [3.8, 4) is 0 Å². The first kappa shape index (κ1) is 12.5. The van der Waals surface area contributed by atoms with Crippen LogP contribution in [0.25, 0.3) is 0 Å². The molecular formula is C11H22N2O2. The maximum atomic E-state index is 11.5. The van der Waals surface area contributed by atoms with E-state index in [2.05, 4.69) is 24.1 Å². The minimum absolute atomic E-state index is 0.0116. The van der Waals surface area contributed by atoms with E-state index in [1.807, 2.05) is 0 Å². The summed E-state index contributed by atoms with van der Waals surface area (Å²) in [5.41, 5.74) is 0. The summed E-state index contributed by atoms with van der Waals surface area (Å²) in [6, 6.07) is 0.501. The third-order valence-electron chi connectivity index (χ3n) is 3.03. The van der Waals surface area contributed by atoms with Gasteiger partial charge in [0.15, 0.2) is 0 Å². The van der Waals surface area contributed by atoms with E-state index in [9.17, 15) is 4.79 Å². The lowest BCUT2D eigenvalue weighted by molar-refractivity contribution is -0.123. The molecule has 4 heteroatoms. The topological polar surface area (TPSA) is 52.6 Å². The third-order valence-corrected chi connectivity index (χ3v) is 3.03. The Kier molecular flexibility index (Phi) is 5.05. The van der Waals surface area contributed by atoms with Crippen molar-refractivity contribution in [2.24, 2.45) is 5.92 Å². The van der Waals surface area contributed by atoms with Crippen molar-refractivity contribution in [3.63, 3.8) is 0 Å². The SMILES string of the molecule is CC1CCC(C)N(CC(=O)NCCO)C1. The molecule has 1 saturated heterocycles. The van der Waals surface area contributed by atoms with E-state index in [1.54, 1.807) is 0 Å². The molecule has 0 aromatic heterocycles. The predicted molar refractivity (Wildman–Crippen MR) is 59.5 cm³/mol. The number of carbonyl (C=O) groups is 1. The number of nitrogens with one attached hydrogen (secondary N) is 1. The minimum atomic E-state index is 0.0116. The van der Waals surface area contributed by atoms with Gasteiger partial charge in [-0.1, -0.05) is 6.92 Å². The van der Waals surface area contributed by atoms with Crippen LogP contribution in [0, 0.1) is 5.92 Å². The van der Waals surface area contributed by atoms with Crippen LogP contribution in [-0.2, 0) is 4.79 Å². The Hall–Kier alpha value is -0.610. The summed E-state index contributed by atoms with van der Waals surface area (Å²) in [5.74, 6) is 0.705. The highest BCUT2D eigenvalue weighted by molar-refractivity contribution is 5.78. The van der Waals surface area contributed by atoms with E-state index in [0.717, 1.165) is 6.54 Å². The second kappa shape index (κ2) is 6.08. The van der Waals surface area contributed by atoms with Gasteiger partial charge in [-0.3, -0.25) is 9.69 Å². The Morgan fingerprint density at radius 3 is 2.87 bits per heavy atom. The highest BCUT2D eigenvalue weighted by Crippen LogP contribution is 2.20. The lowest BCUT2D eigenvalue weighted by Crippen LogP contribution is -2.46. The first-order chi connectivity index (χ1) is 7.13. The Labute approximate surface area is 91.6 Å². The molecule has 1 rings (SSSR count). The summed E-state index contributed by atoms with van der Waals surface area (Å²) in [4.78, 5) is 13.7. The van der Waals surface area contributed by atoms with Gasteiger partial charge in [0.2, 0.25) is 5.91 Å². The quantitative estimate of drug-likeness (QED) is 0.703. The summed E-state index contributed by atoms with van der Waals surface area (Å²) in [7, 11) is 0. The molecule has 1 aliphatic rings. The summed E-state index contributed by atoms with van der Waals surface area (Å²) < 4.78 is 0. The van der Waals surface area contributed by atoms with Gasteiger partial charge in [0.05, 0.1) is 13.2 Å². The van der Waals surface area contributed by atoms with Crippen LogP contribution in [0.3, 0.4) is 0 Å². The van der Waals surface area contributed by atoms with E-state index >= 15 is 0 Å². The van der Waals surface area contributed by atoms with Gasteiger partial charge in [-0.2, -0.15) is 0 Å². The van der Waals surface area contributed by atoms with Crippen LogP contribution < -0.4 is 5.32 Å². The zero-order valence-electron chi connectivity index (χ0n) is 9.70. The molecule has 1 amide bonds. The number of rotatable bonds is 4. The maximum absolute atomic E-state index is 11.5. The van der Waals surface area contributed by atoms with Crippen molar-refractivity contribution in [2.45, 2.75) is 32.7 Å². The molecule has 2 N–H and O–H groups in total. The second-order valence-corrected chi connectivity index (χ2v) is 4.53. The van der Waals surface area contributed by atoms with Gasteiger partial charge < -0.3 is 10.4 Å². The highest BCUT2D eigenvalue weighted by atomic mass is 16.3. The lowest BCUT2D eigenvalue weighted by Gasteiger charge is -2.36. The molecule has 2 atom stereocenters. The molecule has 0 saturated carbocycles. The molecule has 0 aromatic rings. The number of nitrogens with zero attached hydrogens (tertiary/aromatic N) is 1. The Morgan fingerprint density at radius 2 is 2.20 bits per heavy atom. The number of hydrogen-bond donors (Lipinski definition) is 2. The van der Waals surface area contributed by atoms with Gasteiger partial charge >= 0.3 is 0 Å². The molecule has 4 nitrogen and oxygen atoms in total. The predicted octanol–water partition coefficient (Wildman–Crippen LogP) is 0.215. The molecule has 2 unspecified atom stereocenters. The van der Waals surface area contributed by atoms with Crippen molar-refractivity contribution < 1.29 is 9.90 Å². The number of carbonyl (C=O) groups excluding carboxylic acids is 1. The largest absolute Gasteiger partial charge is 0.395 e. The molecule has 1 aliphatic heterocycles. The van der Waals surface area contributed by atoms with E-state index < -0.39 is 0 Å². The van der Waals surface area contributed by atoms with Gasteiger partial charge in [0, 0.05) is 19.1 Å². The average Bonchev–Trinajstić information content (AvgIpc) is 2.20. The van der Waals surface area contributed by atoms with Gasteiger partial charge in [-0.15, -0.1) is 0 Å². The van der Waals surface area contributed by atoms with Crippen molar-refractivity contribution in [1.29, 1.82) is 0 Å². The Balaban J connectivity index is 2.31. The summed E-state index contributed by atoms with van der Waals surface area (Å²) in [6.45, 7) is 6.24. The van der Waals surface area contributed by atoms with Crippen LogP contribution in [0.15, 0.2) is 0 Å². The fraction of sp³-hybridized carbons (Fsp3) is 0.909. The summed E-state index contributed by atoms with van der Waals surface area (Å²) >= 11 is 0. The number of amides is 1. The van der Waals surface area contributed by atoms with Gasteiger partial charge in [-0.05, 0) is 25.7 Å². The van der Waals surface area contributed by atoms with E-state index in [0.29, 0.717) is 25.0 Å². The molecule has 0 spiro atoms. The molecule has 0 radical (unpaired) electrons. The maximum Gasteiger partial charge on any atom is 0.234 e. The summed E-state index contributed by atoms with van der Waals surface area (Å²) in [6.07, 6.45) is 2.43. The normalized spacial score (nSPS) is 27.7.